The van der Waals surface area contributed by atoms with Gasteiger partial charge in [-0.25, -0.2) is 0 Å². The monoisotopic (exact) mass is 359 g/mol. The van der Waals surface area contributed by atoms with Gasteiger partial charge in [0.05, 0.1) is 20.8 Å². The third kappa shape index (κ3) is 5.31. The molecule has 0 saturated heterocycles. The molecule has 140 valence electrons. The Labute approximate surface area is 154 Å². The molecule has 1 N–H and O–H groups in total. The molecule has 26 heavy (non-hydrogen) atoms. The van der Waals surface area contributed by atoms with Crippen LogP contribution < -0.4 is 24.3 Å². The summed E-state index contributed by atoms with van der Waals surface area (Å²) in [5.74, 6) is 2.26. The minimum absolute atomic E-state index is 0.261. The number of nitrogens with one attached hydrogen (secondary N) is 1. The second-order valence-electron chi connectivity index (χ2n) is 5.64. The van der Waals surface area contributed by atoms with Gasteiger partial charge in [0.15, 0.2) is 17.6 Å². The molecular weight excluding hydrogens is 334 g/mol. The number of hydrogen-bond donors (Lipinski definition) is 1. The van der Waals surface area contributed by atoms with Gasteiger partial charge in [0.2, 0.25) is 0 Å². The SMILES string of the molecule is CCCOc1ccc(OC(C)C(=O)Nc2ccc(OC)c(OC)c2)cc1. The first-order valence-corrected chi connectivity index (χ1v) is 8.49. The van der Waals surface area contributed by atoms with E-state index >= 15 is 0 Å². The molecule has 1 atom stereocenters. The van der Waals surface area contributed by atoms with E-state index in [-0.39, 0.29) is 5.91 Å². The van der Waals surface area contributed by atoms with Crippen molar-refractivity contribution in [3.05, 3.63) is 42.5 Å². The molecule has 0 aliphatic rings. The van der Waals surface area contributed by atoms with Gasteiger partial charge >= 0.3 is 0 Å². The topological polar surface area (TPSA) is 66.0 Å². The van der Waals surface area contributed by atoms with Gasteiger partial charge in [-0.05, 0) is 49.7 Å². The largest absolute Gasteiger partial charge is 0.494 e. The fraction of sp³-hybridized carbons (Fsp3) is 0.350. The van der Waals surface area contributed by atoms with Crippen molar-refractivity contribution in [3.63, 3.8) is 0 Å². The maximum atomic E-state index is 12.3. The quantitative estimate of drug-likeness (QED) is 0.736. The number of hydrogen-bond acceptors (Lipinski definition) is 5. The standard InChI is InChI=1S/C20H25NO5/c1-5-12-25-16-7-9-17(10-8-16)26-14(2)20(22)21-15-6-11-18(23-3)19(13-15)24-4/h6-11,13-14H,5,12H2,1-4H3,(H,21,22). The van der Waals surface area contributed by atoms with Crippen LogP contribution in [0.1, 0.15) is 20.3 Å². The van der Waals surface area contributed by atoms with Gasteiger partial charge in [-0.15, -0.1) is 0 Å². The summed E-state index contributed by atoms with van der Waals surface area (Å²) in [7, 11) is 3.10. The van der Waals surface area contributed by atoms with Crippen LogP contribution in [-0.2, 0) is 4.79 Å². The van der Waals surface area contributed by atoms with E-state index in [0.29, 0.717) is 29.5 Å². The van der Waals surface area contributed by atoms with Crippen LogP contribution in [0.4, 0.5) is 5.69 Å². The van der Waals surface area contributed by atoms with Crippen LogP contribution in [-0.4, -0.2) is 32.8 Å². The zero-order valence-corrected chi connectivity index (χ0v) is 15.6. The highest BCUT2D eigenvalue weighted by Gasteiger charge is 2.16. The van der Waals surface area contributed by atoms with Crippen LogP contribution >= 0.6 is 0 Å². The first kappa shape index (κ1) is 19.4. The number of ether oxygens (including phenoxy) is 4. The molecule has 0 heterocycles. The first-order valence-electron chi connectivity index (χ1n) is 8.49. The van der Waals surface area contributed by atoms with E-state index in [0.717, 1.165) is 12.2 Å². The highest BCUT2D eigenvalue weighted by molar-refractivity contribution is 5.94. The summed E-state index contributed by atoms with van der Waals surface area (Å²) in [6, 6.07) is 12.4. The van der Waals surface area contributed by atoms with Gasteiger partial charge in [0, 0.05) is 11.8 Å². The van der Waals surface area contributed by atoms with Gasteiger partial charge < -0.3 is 24.3 Å². The van der Waals surface area contributed by atoms with Gasteiger partial charge in [-0.3, -0.25) is 4.79 Å². The lowest BCUT2D eigenvalue weighted by atomic mass is 10.2. The number of rotatable bonds is 9. The van der Waals surface area contributed by atoms with E-state index in [2.05, 4.69) is 12.2 Å². The molecule has 0 aromatic heterocycles. The zero-order valence-electron chi connectivity index (χ0n) is 15.6. The lowest BCUT2D eigenvalue weighted by molar-refractivity contribution is -0.122. The van der Waals surface area contributed by atoms with E-state index in [1.807, 2.05) is 12.1 Å². The van der Waals surface area contributed by atoms with Crippen LogP contribution in [0.25, 0.3) is 0 Å². The van der Waals surface area contributed by atoms with E-state index in [1.54, 1.807) is 51.5 Å². The summed E-state index contributed by atoms with van der Waals surface area (Å²) in [5, 5.41) is 2.80. The second-order valence-corrected chi connectivity index (χ2v) is 5.64. The van der Waals surface area contributed by atoms with Gasteiger partial charge in [-0.2, -0.15) is 0 Å². The predicted octanol–water partition coefficient (Wildman–Crippen LogP) is 3.90. The summed E-state index contributed by atoms with van der Waals surface area (Å²) in [6.07, 6.45) is 0.288. The van der Waals surface area contributed by atoms with Crippen molar-refractivity contribution in [2.45, 2.75) is 26.4 Å². The number of anilines is 1. The Kier molecular flexibility index (Phi) is 7.14. The average Bonchev–Trinajstić information content (AvgIpc) is 2.67. The van der Waals surface area contributed by atoms with Crippen LogP contribution in [0.5, 0.6) is 23.0 Å². The van der Waals surface area contributed by atoms with Crippen molar-refractivity contribution < 1.29 is 23.7 Å². The molecule has 0 radical (unpaired) electrons. The molecule has 2 aromatic carbocycles. The third-order valence-corrected chi connectivity index (χ3v) is 3.63. The number of carbonyl (C=O) groups is 1. The summed E-state index contributed by atoms with van der Waals surface area (Å²) in [5.41, 5.74) is 0.603. The molecule has 0 bridgehead atoms. The molecule has 6 nitrogen and oxygen atoms in total. The number of methoxy groups -OCH3 is 2. The smallest absolute Gasteiger partial charge is 0.265 e. The molecule has 6 heteroatoms. The lowest BCUT2D eigenvalue weighted by Crippen LogP contribution is -2.30. The van der Waals surface area contributed by atoms with E-state index in [1.165, 1.54) is 0 Å². The predicted molar refractivity (Wildman–Crippen MR) is 100 cm³/mol. The summed E-state index contributed by atoms with van der Waals surface area (Å²) in [4.78, 5) is 12.3. The normalized spacial score (nSPS) is 11.4. The van der Waals surface area contributed by atoms with Crippen molar-refractivity contribution in [2.75, 3.05) is 26.1 Å². The second kappa shape index (κ2) is 9.56. The molecule has 1 unspecified atom stereocenters. The van der Waals surface area contributed by atoms with Crippen molar-refractivity contribution >= 4 is 11.6 Å². The van der Waals surface area contributed by atoms with E-state index < -0.39 is 6.10 Å². The highest BCUT2D eigenvalue weighted by Crippen LogP contribution is 2.29. The third-order valence-electron chi connectivity index (χ3n) is 3.63. The summed E-state index contributed by atoms with van der Waals surface area (Å²) in [6.45, 7) is 4.41. The van der Waals surface area contributed by atoms with Crippen LogP contribution in [0, 0.1) is 0 Å². The molecular formula is C20H25NO5. The van der Waals surface area contributed by atoms with Crippen molar-refractivity contribution in [3.8, 4) is 23.0 Å². The van der Waals surface area contributed by atoms with E-state index in [9.17, 15) is 4.79 Å². The number of amides is 1. The number of carbonyl (C=O) groups excluding carboxylic acids is 1. The maximum Gasteiger partial charge on any atom is 0.265 e. The van der Waals surface area contributed by atoms with Gasteiger partial charge in [0.1, 0.15) is 11.5 Å². The van der Waals surface area contributed by atoms with Gasteiger partial charge in [0.25, 0.3) is 5.91 Å². The Morgan fingerprint density at radius 3 is 2.27 bits per heavy atom. The Hall–Kier alpha value is -2.89. The Balaban J connectivity index is 1.95. The minimum atomic E-state index is -0.662. The van der Waals surface area contributed by atoms with Crippen LogP contribution in [0.3, 0.4) is 0 Å². The lowest BCUT2D eigenvalue weighted by Gasteiger charge is -2.16. The average molecular weight is 359 g/mol. The van der Waals surface area contributed by atoms with Crippen LogP contribution in [0.15, 0.2) is 42.5 Å². The fourth-order valence-corrected chi connectivity index (χ4v) is 2.25. The highest BCUT2D eigenvalue weighted by atomic mass is 16.5. The molecule has 1 amide bonds. The first-order chi connectivity index (χ1) is 12.6. The molecule has 0 saturated carbocycles. The van der Waals surface area contributed by atoms with Crippen molar-refractivity contribution in [1.29, 1.82) is 0 Å². The summed E-state index contributed by atoms with van der Waals surface area (Å²) < 4.78 is 21.6. The molecule has 2 aromatic rings. The fourth-order valence-electron chi connectivity index (χ4n) is 2.25. The Morgan fingerprint density at radius 2 is 1.65 bits per heavy atom. The van der Waals surface area contributed by atoms with Gasteiger partial charge in [-0.1, -0.05) is 6.92 Å². The van der Waals surface area contributed by atoms with Crippen molar-refractivity contribution in [2.24, 2.45) is 0 Å². The molecule has 0 fully saturated rings. The maximum absolute atomic E-state index is 12.3. The molecule has 0 spiro atoms. The number of benzene rings is 2. The Bertz CT molecular complexity index is 715. The molecule has 2 rings (SSSR count). The molecule has 0 aliphatic heterocycles. The minimum Gasteiger partial charge on any atom is -0.494 e. The Morgan fingerprint density at radius 1 is 1.00 bits per heavy atom. The van der Waals surface area contributed by atoms with Crippen molar-refractivity contribution in [1.82, 2.24) is 0 Å². The van der Waals surface area contributed by atoms with E-state index in [4.69, 9.17) is 18.9 Å². The summed E-state index contributed by atoms with van der Waals surface area (Å²) >= 11 is 0. The zero-order chi connectivity index (χ0) is 18.9. The van der Waals surface area contributed by atoms with Crippen LogP contribution in [0.2, 0.25) is 0 Å². The molecule has 0 aliphatic carbocycles.